The van der Waals surface area contributed by atoms with Crippen molar-refractivity contribution in [3.63, 3.8) is 0 Å². The minimum atomic E-state index is -0.277. The van der Waals surface area contributed by atoms with E-state index >= 15 is 0 Å². The van der Waals surface area contributed by atoms with Gasteiger partial charge in [-0.15, -0.1) is 0 Å². The lowest BCUT2D eigenvalue weighted by Gasteiger charge is -2.05. The number of rotatable bonds is 0. The van der Waals surface area contributed by atoms with Gasteiger partial charge in [-0.3, -0.25) is 4.98 Å². The molecule has 1 heterocycles. The van der Waals surface area contributed by atoms with E-state index in [1.165, 1.54) is 6.07 Å². The molecule has 0 aliphatic rings. The van der Waals surface area contributed by atoms with Crippen LogP contribution >= 0.6 is 15.9 Å². The summed E-state index contributed by atoms with van der Waals surface area (Å²) >= 11 is 3.27. The van der Waals surface area contributed by atoms with Crippen LogP contribution in [0.25, 0.3) is 10.9 Å². The fraction of sp³-hybridized carbons (Fsp3) is 0.182. The maximum atomic E-state index is 13.5. The van der Waals surface area contributed by atoms with Gasteiger partial charge in [0.05, 0.1) is 0 Å². The molecule has 2 aromatic rings. The van der Waals surface area contributed by atoms with Gasteiger partial charge in [-0.05, 0) is 37.6 Å². The van der Waals surface area contributed by atoms with E-state index in [9.17, 15) is 4.39 Å². The Balaban J connectivity index is 2.94. The molecule has 0 saturated heterocycles. The number of pyridine rings is 1. The molecular weight excluding hydrogens is 245 g/mol. The second kappa shape index (κ2) is 3.31. The Bertz CT molecular complexity index is 461. The molecule has 72 valence electrons. The lowest BCUT2D eigenvalue weighted by Crippen LogP contribution is -1.90. The highest BCUT2D eigenvalue weighted by Crippen LogP contribution is 2.24. The minimum Gasteiger partial charge on any atom is -0.250 e. The highest BCUT2D eigenvalue weighted by atomic mass is 79.9. The molecule has 3 heteroatoms. The molecule has 0 spiro atoms. The van der Waals surface area contributed by atoms with E-state index in [1.54, 1.807) is 0 Å². The molecule has 0 radical (unpaired) electrons. The van der Waals surface area contributed by atoms with Gasteiger partial charge in [0.2, 0.25) is 0 Å². The van der Waals surface area contributed by atoms with Crippen LogP contribution in [0, 0.1) is 19.7 Å². The molecule has 0 fully saturated rings. The second-order valence-corrected chi connectivity index (χ2v) is 4.28. The first kappa shape index (κ1) is 9.59. The van der Waals surface area contributed by atoms with E-state index < -0.39 is 0 Å². The third kappa shape index (κ3) is 1.52. The molecule has 1 aromatic heterocycles. The number of nitrogens with zero attached hydrogens (tertiary/aromatic N) is 1. The van der Waals surface area contributed by atoms with Crippen molar-refractivity contribution in [2.24, 2.45) is 0 Å². The zero-order valence-corrected chi connectivity index (χ0v) is 9.52. The number of aryl methyl sites for hydroxylation is 2. The molecule has 0 saturated carbocycles. The Morgan fingerprint density at radius 1 is 1.21 bits per heavy atom. The maximum absolute atomic E-state index is 13.5. The molecule has 0 N–H and O–H groups in total. The van der Waals surface area contributed by atoms with Crippen LogP contribution in [0.4, 0.5) is 4.39 Å². The average Bonchev–Trinajstić information content (AvgIpc) is 2.07. The normalized spacial score (nSPS) is 10.9. The zero-order chi connectivity index (χ0) is 10.3. The number of hydrogen-bond donors (Lipinski definition) is 0. The Morgan fingerprint density at radius 3 is 2.64 bits per heavy atom. The van der Waals surface area contributed by atoms with Crippen molar-refractivity contribution in [3.05, 3.63) is 39.7 Å². The van der Waals surface area contributed by atoms with Crippen molar-refractivity contribution >= 4 is 26.8 Å². The fourth-order valence-electron chi connectivity index (χ4n) is 1.58. The van der Waals surface area contributed by atoms with Gasteiger partial charge in [-0.1, -0.05) is 15.9 Å². The van der Waals surface area contributed by atoms with E-state index in [1.807, 2.05) is 26.0 Å². The highest BCUT2D eigenvalue weighted by Gasteiger charge is 2.06. The van der Waals surface area contributed by atoms with Gasteiger partial charge in [0.15, 0.2) is 5.82 Å². The fourth-order valence-corrected chi connectivity index (χ4v) is 2.01. The molecule has 1 nitrogen and oxygen atoms in total. The molecule has 2 rings (SSSR count). The number of benzene rings is 1. The van der Waals surface area contributed by atoms with Crippen molar-refractivity contribution in [2.75, 3.05) is 0 Å². The van der Waals surface area contributed by atoms with Gasteiger partial charge < -0.3 is 0 Å². The van der Waals surface area contributed by atoms with Crippen LogP contribution in [0.15, 0.2) is 22.7 Å². The molecular formula is C11H9BrFN. The predicted octanol–water partition coefficient (Wildman–Crippen LogP) is 3.75. The van der Waals surface area contributed by atoms with Gasteiger partial charge >= 0.3 is 0 Å². The summed E-state index contributed by atoms with van der Waals surface area (Å²) in [6, 6.07) is 5.28. The topological polar surface area (TPSA) is 12.9 Å². The van der Waals surface area contributed by atoms with Gasteiger partial charge in [0.1, 0.15) is 5.52 Å². The van der Waals surface area contributed by atoms with Crippen molar-refractivity contribution in [1.29, 1.82) is 0 Å². The van der Waals surface area contributed by atoms with Crippen LogP contribution < -0.4 is 0 Å². The van der Waals surface area contributed by atoms with Crippen LogP contribution in [0.1, 0.15) is 11.3 Å². The quantitative estimate of drug-likeness (QED) is 0.697. The zero-order valence-electron chi connectivity index (χ0n) is 7.94. The number of aromatic nitrogens is 1. The lowest BCUT2D eigenvalue weighted by atomic mass is 10.1. The first-order valence-corrected chi connectivity index (χ1v) is 5.10. The monoisotopic (exact) mass is 253 g/mol. The number of halogens is 2. The van der Waals surface area contributed by atoms with Gasteiger partial charge in [-0.2, -0.15) is 0 Å². The summed E-state index contributed by atoms with van der Waals surface area (Å²) in [6.45, 7) is 3.83. The molecule has 0 aliphatic heterocycles. The largest absolute Gasteiger partial charge is 0.250 e. The molecule has 0 aliphatic carbocycles. The average molecular weight is 254 g/mol. The summed E-state index contributed by atoms with van der Waals surface area (Å²) in [6.07, 6.45) is 0. The number of hydrogen-bond acceptors (Lipinski definition) is 1. The molecule has 1 aromatic carbocycles. The molecule has 14 heavy (non-hydrogen) atoms. The standard InChI is InChI=1S/C11H9BrFN/c1-6-3-7(2)14-11-9(6)4-8(12)5-10(11)13/h3-5H,1-2H3. The van der Waals surface area contributed by atoms with Crippen molar-refractivity contribution in [1.82, 2.24) is 4.98 Å². The van der Waals surface area contributed by atoms with Gasteiger partial charge in [0.25, 0.3) is 0 Å². The Kier molecular flexibility index (Phi) is 2.27. The van der Waals surface area contributed by atoms with Crippen LogP contribution in [0.3, 0.4) is 0 Å². The van der Waals surface area contributed by atoms with Crippen molar-refractivity contribution in [2.45, 2.75) is 13.8 Å². The predicted molar refractivity (Wildman–Crippen MR) is 58.9 cm³/mol. The first-order chi connectivity index (χ1) is 6.58. The Morgan fingerprint density at radius 2 is 1.93 bits per heavy atom. The van der Waals surface area contributed by atoms with Gasteiger partial charge in [0, 0.05) is 15.6 Å². The van der Waals surface area contributed by atoms with Crippen molar-refractivity contribution < 1.29 is 4.39 Å². The third-order valence-electron chi connectivity index (χ3n) is 2.17. The molecule has 0 amide bonds. The summed E-state index contributed by atoms with van der Waals surface area (Å²) < 4.78 is 14.3. The van der Waals surface area contributed by atoms with E-state index in [2.05, 4.69) is 20.9 Å². The lowest BCUT2D eigenvalue weighted by molar-refractivity contribution is 0.635. The Hall–Kier alpha value is -0.960. The maximum Gasteiger partial charge on any atom is 0.150 e. The summed E-state index contributed by atoms with van der Waals surface area (Å²) in [5, 5.41) is 0.863. The SMILES string of the molecule is Cc1cc(C)c2cc(Br)cc(F)c2n1. The van der Waals surface area contributed by atoms with E-state index in [0.717, 1.165) is 21.1 Å². The minimum absolute atomic E-state index is 0.277. The van der Waals surface area contributed by atoms with Crippen LogP contribution in [0.5, 0.6) is 0 Å². The van der Waals surface area contributed by atoms with Crippen molar-refractivity contribution in [3.8, 4) is 0 Å². The molecule has 0 atom stereocenters. The molecule has 0 bridgehead atoms. The summed E-state index contributed by atoms with van der Waals surface area (Å²) in [7, 11) is 0. The summed E-state index contributed by atoms with van der Waals surface area (Å²) in [5.41, 5.74) is 2.34. The van der Waals surface area contributed by atoms with Crippen LogP contribution in [0.2, 0.25) is 0 Å². The third-order valence-corrected chi connectivity index (χ3v) is 2.62. The van der Waals surface area contributed by atoms with Gasteiger partial charge in [-0.25, -0.2) is 4.39 Å². The Labute approximate surface area is 90.1 Å². The first-order valence-electron chi connectivity index (χ1n) is 4.31. The smallest absolute Gasteiger partial charge is 0.150 e. The number of fused-ring (bicyclic) bond motifs is 1. The highest BCUT2D eigenvalue weighted by molar-refractivity contribution is 9.10. The summed E-state index contributed by atoms with van der Waals surface area (Å²) in [4.78, 5) is 4.18. The second-order valence-electron chi connectivity index (χ2n) is 3.36. The van der Waals surface area contributed by atoms with Crippen LogP contribution in [-0.4, -0.2) is 4.98 Å². The van der Waals surface area contributed by atoms with E-state index in [-0.39, 0.29) is 5.82 Å². The van der Waals surface area contributed by atoms with E-state index in [0.29, 0.717) is 5.52 Å². The summed E-state index contributed by atoms with van der Waals surface area (Å²) in [5.74, 6) is -0.277. The van der Waals surface area contributed by atoms with Crippen LogP contribution in [-0.2, 0) is 0 Å². The van der Waals surface area contributed by atoms with E-state index in [4.69, 9.17) is 0 Å². The molecule has 0 unspecified atom stereocenters.